The number of nitrogens with one attached hydrogen (secondary N) is 2. The molecule has 35 heavy (non-hydrogen) atoms. The Hall–Kier alpha value is -3.03. The van der Waals surface area contributed by atoms with Gasteiger partial charge in [0.2, 0.25) is 11.8 Å². The molecule has 0 unspecified atom stereocenters. The molecule has 3 aromatic rings. The topological polar surface area (TPSA) is 80.3 Å². The number of carbonyl (C=O) groups is 2. The average molecular weight is 492 g/mol. The van der Waals surface area contributed by atoms with Gasteiger partial charge in [0.25, 0.3) is 0 Å². The molecule has 1 heterocycles. The zero-order valence-corrected chi connectivity index (χ0v) is 21.2. The highest BCUT2D eigenvalue weighted by Crippen LogP contribution is 2.32. The maximum atomic E-state index is 12.7. The summed E-state index contributed by atoms with van der Waals surface area (Å²) < 4.78 is 6.19. The molecular weight excluding hydrogens is 458 g/mol. The average Bonchev–Trinajstić information content (AvgIpc) is 3.31. The molecule has 1 aliphatic rings. The van der Waals surface area contributed by atoms with Gasteiger partial charge in [0, 0.05) is 6.20 Å². The van der Waals surface area contributed by atoms with E-state index in [2.05, 4.69) is 27.8 Å². The van der Waals surface area contributed by atoms with E-state index in [0.29, 0.717) is 17.8 Å². The van der Waals surface area contributed by atoms with E-state index in [1.54, 1.807) is 13.1 Å². The van der Waals surface area contributed by atoms with Gasteiger partial charge in [0.05, 0.1) is 24.0 Å². The lowest BCUT2D eigenvalue weighted by molar-refractivity contribution is -0.125. The molecule has 2 N–H and O–H groups in total. The smallest absolute Gasteiger partial charge is 0.248 e. The molecule has 6 nitrogen and oxygen atoms in total. The Bertz CT molecular complexity index is 1150. The molecule has 1 aromatic heterocycles. The van der Waals surface area contributed by atoms with E-state index >= 15 is 0 Å². The minimum absolute atomic E-state index is 0.190. The molecular formula is C28H33N3O3S. The number of thiazole rings is 1. The van der Waals surface area contributed by atoms with Crippen molar-refractivity contribution in [3.05, 3.63) is 71.4 Å². The van der Waals surface area contributed by atoms with Crippen LogP contribution in [-0.4, -0.2) is 28.9 Å². The lowest BCUT2D eigenvalue weighted by Gasteiger charge is -2.22. The van der Waals surface area contributed by atoms with E-state index < -0.39 is 6.04 Å². The van der Waals surface area contributed by atoms with Gasteiger partial charge < -0.3 is 15.4 Å². The van der Waals surface area contributed by atoms with Gasteiger partial charge in [-0.05, 0) is 43.4 Å². The number of carbonyl (C=O) groups excluding carboxylic acids is 2. The summed E-state index contributed by atoms with van der Waals surface area (Å²) in [7, 11) is 0. The van der Waals surface area contributed by atoms with Crippen molar-refractivity contribution in [1.82, 2.24) is 10.3 Å². The van der Waals surface area contributed by atoms with Crippen LogP contribution in [0.25, 0.3) is 10.4 Å². The zero-order valence-electron chi connectivity index (χ0n) is 20.4. The number of aryl methyl sites for hydroxylation is 1. The Morgan fingerprint density at radius 3 is 2.71 bits per heavy atom. The van der Waals surface area contributed by atoms with Crippen LogP contribution in [0.3, 0.4) is 0 Å². The van der Waals surface area contributed by atoms with Crippen LogP contribution in [0.1, 0.15) is 55.7 Å². The predicted molar refractivity (Wildman–Crippen MR) is 140 cm³/mol. The summed E-state index contributed by atoms with van der Waals surface area (Å²) in [5.41, 5.74) is 4.21. The Morgan fingerprint density at radius 1 is 1.11 bits per heavy atom. The molecule has 1 atom stereocenters. The lowest BCUT2D eigenvalue weighted by Crippen LogP contribution is -2.42. The number of benzene rings is 2. The Morgan fingerprint density at radius 2 is 1.91 bits per heavy atom. The Balaban J connectivity index is 1.33. The third kappa shape index (κ3) is 7.23. The monoisotopic (exact) mass is 491 g/mol. The van der Waals surface area contributed by atoms with Crippen molar-refractivity contribution >= 4 is 28.3 Å². The van der Waals surface area contributed by atoms with Gasteiger partial charge >= 0.3 is 0 Å². The largest absolute Gasteiger partial charge is 0.374 e. The summed E-state index contributed by atoms with van der Waals surface area (Å²) >= 11 is 1.42. The number of rotatable bonds is 9. The first-order valence-corrected chi connectivity index (χ1v) is 13.1. The zero-order chi connectivity index (χ0) is 24.6. The first kappa shape index (κ1) is 25.1. The van der Waals surface area contributed by atoms with Crippen LogP contribution in [0.5, 0.6) is 0 Å². The van der Waals surface area contributed by atoms with Gasteiger partial charge in [0.15, 0.2) is 5.13 Å². The molecule has 2 aromatic carbocycles. The van der Waals surface area contributed by atoms with E-state index in [1.165, 1.54) is 30.6 Å². The molecule has 2 amide bonds. The fraction of sp³-hybridized carbons (Fsp3) is 0.393. The maximum Gasteiger partial charge on any atom is 0.248 e. The minimum atomic E-state index is -0.671. The quantitative estimate of drug-likeness (QED) is 0.405. The summed E-state index contributed by atoms with van der Waals surface area (Å²) in [5.74, 6) is -0.484. The molecule has 4 rings (SSSR count). The number of aromatic nitrogens is 1. The number of ether oxygens (including phenoxy) is 1. The second kappa shape index (κ2) is 12.1. The van der Waals surface area contributed by atoms with Crippen LogP contribution in [0.2, 0.25) is 0 Å². The van der Waals surface area contributed by atoms with Crippen LogP contribution in [0, 0.1) is 6.92 Å². The van der Waals surface area contributed by atoms with E-state index in [4.69, 9.17) is 4.74 Å². The van der Waals surface area contributed by atoms with Crippen molar-refractivity contribution in [3.8, 4) is 10.4 Å². The molecule has 0 bridgehead atoms. The Kier molecular flexibility index (Phi) is 8.66. The van der Waals surface area contributed by atoms with E-state index in [1.807, 2.05) is 43.3 Å². The fourth-order valence-electron chi connectivity index (χ4n) is 4.36. The molecule has 0 aliphatic heterocycles. The fourth-order valence-corrected chi connectivity index (χ4v) is 5.24. The van der Waals surface area contributed by atoms with Crippen molar-refractivity contribution in [2.75, 3.05) is 5.32 Å². The third-order valence-electron chi connectivity index (χ3n) is 6.26. The molecule has 1 saturated carbocycles. The van der Waals surface area contributed by atoms with Crippen molar-refractivity contribution in [2.45, 2.75) is 71.1 Å². The molecule has 0 spiro atoms. The van der Waals surface area contributed by atoms with E-state index in [-0.39, 0.29) is 18.2 Å². The van der Waals surface area contributed by atoms with Crippen LogP contribution in [-0.2, 0) is 27.4 Å². The number of hydrogen-bond donors (Lipinski definition) is 2. The van der Waals surface area contributed by atoms with Gasteiger partial charge in [0.1, 0.15) is 6.04 Å². The second-order valence-electron chi connectivity index (χ2n) is 9.20. The highest BCUT2D eigenvalue weighted by molar-refractivity contribution is 7.19. The SMILES string of the molecule is Cc1cccc(CC(=O)N[C@@H](C)C(=O)Nc2ncc(-c3ccccc3COC3CCCCC3)s2)c1. The highest BCUT2D eigenvalue weighted by Gasteiger charge is 2.19. The third-order valence-corrected chi connectivity index (χ3v) is 7.21. The first-order valence-electron chi connectivity index (χ1n) is 12.3. The number of nitrogens with zero attached hydrogens (tertiary/aromatic N) is 1. The van der Waals surface area contributed by atoms with Gasteiger partial charge in [-0.1, -0.05) is 84.7 Å². The van der Waals surface area contributed by atoms with E-state index in [9.17, 15) is 9.59 Å². The van der Waals surface area contributed by atoms with Crippen molar-refractivity contribution < 1.29 is 14.3 Å². The van der Waals surface area contributed by atoms with Crippen molar-refractivity contribution in [2.24, 2.45) is 0 Å². The summed E-state index contributed by atoms with van der Waals surface area (Å²) in [6.07, 6.45) is 8.43. The lowest BCUT2D eigenvalue weighted by atomic mass is 9.97. The summed E-state index contributed by atoms with van der Waals surface area (Å²) in [5, 5.41) is 6.12. The van der Waals surface area contributed by atoms with Crippen LogP contribution >= 0.6 is 11.3 Å². The normalized spacial score (nSPS) is 14.9. The van der Waals surface area contributed by atoms with Crippen LogP contribution in [0.15, 0.2) is 54.7 Å². The second-order valence-corrected chi connectivity index (χ2v) is 10.2. The highest BCUT2D eigenvalue weighted by atomic mass is 32.1. The van der Waals surface area contributed by atoms with Crippen LogP contribution < -0.4 is 10.6 Å². The minimum Gasteiger partial charge on any atom is -0.374 e. The molecule has 184 valence electrons. The van der Waals surface area contributed by atoms with Gasteiger partial charge in [-0.3, -0.25) is 9.59 Å². The predicted octanol–water partition coefficient (Wildman–Crippen LogP) is 5.65. The van der Waals surface area contributed by atoms with E-state index in [0.717, 1.165) is 40.0 Å². The first-order chi connectivity index (χ1) is 17.0. The number of amides is 2. The summed E-state index contributed by atoms with van der Waals surface area (Å²) in [6.45, 7) is 4.24. The number of hydrogen-bond acceptors (Lipinski definition) is 5. The standard InChI is InChI=1S/C28H33N3O3S/c1-19-9-8-10-21(15-19)16-26(32)30-20(2)27(33)31-28-29-17-25(35-28)24-14-7-6-11-22(24)18-34-23-12-4-3-5-13-23/h6-11,14-15,17,20,23H,3-5,12-13,16,18H2,1-2H3,(H,30,32)(H,29,31,33)/t20-/m0/s1. The van der Waals surface area contributed by atoms with Crippen LogP contribution in [0.4, 0.5) is 5.13 Å². The molecule has 0 saturated heterocycles. The Labute approximate surface area is 211 Å². The molecule has 1 aliphatic carbocycles. The summed E-state index contributed by atoms with van der Waals surface area (Å²) in [4.78, 5) is 30.4. The molecule has 7 heteroatoms. The maximum absolute atomic E-state index is 12.7. The number of anilines is 1. The molecule has 0 radical (unpaired) electrons. The van der Waals surface area contributed by atoms with Gasteiger partial charge in [-0.15, -0.1) is 0 Å². The van der Waals surface area contributed by atoms with Crippen molar-refractivity contribution in [3.63, 3.8) is 0 Å². The summed E-state index contributed by atoms with van der Waals surface area (Å²) in [6, 6.07) is 15.3. The van der Waals surface area contributed by atoms with Crippen molar-refractivity contribution in [1.29, 1.82) is 0 Å². The van der Waals surface area contributed by atoms with Gasteiger partial charge in [-0.25, -0.2) is 4.98 Å². The van der Waals surface area contributed by atoms with Gasteiger partial charge in [-0.2, -0.15) is 0 Å². The molecule has 1 fully saturated rings.